The maximum Gasteiger partial charge on any atom is 0.280 e. The van der Waals surface area contributed by atoms with Crippen molar-refractivity contribution in [3.8, 4) is 0 Å². The van der Waals surface area contributed by atoms with E-state index in [4.69, 9.17) is 23.2 Å². The first-order valence-electron chi connectivity index (χ1n) is 7.71. The molecule has 2 nitrogen and oxygen atoms in total. The van der Waals surface area contributed by atoms with Crippen LogP contribution in [-0.2, 0) is 4.79 Å². The molecule has 0 bridgehead atoms. The smallest absolute Gasteiger partial charge is 0.280 e. The second kappa shape index (κ2) is 8.00. The van der Waals surface area contributed by atoms with Crippen LogP contribution in [0.25, 0.3) is 0 Å². The van der Waals surface area contributed by atoms with Crippen molar-refractivity contribution in [3.05, 3.63) is 69.5 Å². The van der Waals surface area contributed by atoms with E-state index in [-0.39, 0.29) is 6.54 Å². The van der Waals surface area contributed by atoms with Crippen LogP contribution in [-0.4, -0.2) is 12.5 Å². The Bertz CT molecular complexity index is 724. The van der Waals surface area contributed by atoms with Crippen LogP contribution in [0.4, 0.5) is 4.39 Å². The zero-order chi connectivity index (χ0) is 17.9. The van der Waals surface area contributed by atoms with E-state index in [9.17, 15) is 9.18 Å². The molecular weight excluding hydrogens is 348 g/mol. The molecule has 2 rings (SSSR count). The first-order chi connectivity index (χ1) is 11.3. The number of nitrogens with one attached hydrogen (secondary N) is 1. The number of carbonyl (C=O) groups is 1. The van der Waals surface area contributed by atoms with Crippen molar-refractivity contribution < 1.29 is 9.18 Å². The zero-order valence-corrected chi connectivity index (χ0v) is 15.2. The molecule has 5 heteroatoms. The lowest BCUT2D eigenvalue weighted by atomic mass is 10.1. The molecule has 1 aromatic rings. The van der Waals surface area contributed by atoms with Gasteiger partial charge in [0.25, 0.3) is 5.91 Å². The molecule has 0 heterocycles. The lowest BCUT2D eigenvalue weighted by molar-refractivity contribution is -0.118. The van der Waals surface area contributed by atoms with Crippen LogP contribution in [0.2, 0.25) is 10.0 Å². The summed E-state index contributed by atoms with van der Waals surface area (Å²) in [7, 11) is 0. The minimum atomic E-state index is -0.765. The van der Waals surface area contributed by atoms with E-state index in [1.165, 1.54) is 0 Å². The molecule has 24 heavy (non-hydrogen) atoms. The zero-order valence-electron chi connectivity index (χ0n) is 13.7. The number of rotatable bonds is 6. The quantitative estimate of drug-likeness (QED) is 0.396. The van der Waals surface area contributed by atoms with Crippen molar-refractivity contribution in [1.82, 2.24) is 5.32 Å². The van der Waals surface area contributed by atoms with Crippen LogP contribution in [0.15, 0.2) is 53.9 Å². The molecule has 1 N–H and O–H groups in total. The molecule has 0 unspecified atom stereocenters. The van der Waals surface area contributed by atoms with Crippen molar-refractivity contribution in [3.63, 3.8) is 0 Å². The number of halogens is 3. The minimum absolute atomic E-state index is 0.269. The van der Waals surface area contributed by atoms with Crippen LogP contribution in [0.5, 0.6) is 0 Å². The average Bonchev–Trinajstić information content (AvgIpc) is 3.31. The van der Waals surface area contributed by atoms with E-state index < -0.39 is 11.7 Å². The molecule has 1 aliphatic rings. The van der Waals surface area contributed by atoms with Crippen LogP contribution in [0.3, 0.4) is 0 Å². The fourth-order valence-corrected chi connectivity index (χ4v) is 2.69. The largest absolute Gasteiger partial charge is 0.346 e. The second-order valence-corrected chi connectivity index (χ2v) is 6.99. The van der Waals surface area contributed by atoms with Crippen molar-refractivity contribution in [2.24, 2.45) is 5.92 Å². The van der Waals surface area contributed by atoms with Crippen LogP contribution in [0, 0.1) is 5.92 Å². The highest BCUT2D eigenvalue weighted by Gasteiger charge is 2.36. The molecule has 1 aliphatic carbocycles. The molecule has 1 fully saturated rings. The lowest BCUT2D eigenvalue weighted by Gasteiger charge is -2.04. The van der Waals surface area contributed by atoms with E-state index >= 15 is 0 Å². The van der Waals surface area contributed by atoms with Crippen LogP contribution >= 0.6 is 23.2 Å². The minimum Gasteiger partial charge on any atom is -0.346 e. The van der Waals surface area contributed by atoms with Gasteiger partial charge in [-0.05, 0) is 55.4 Å². The fraction of sp³-hybridized carbons (Fsp3) is 0.316. The summed E-state index contributed by atoms with van der Waals surface area (Å²) in [6, 6.07) is 5.62. The molecular formula is C19H20Cl2FNO. The highest BCUT2D eigenvalue weighted by atomic mass is 35.5. The highest BCUT2D eigenvalue weighted by Crippen LogP contribution is 2.49. The monoisotopic (exact) mass is 367 g/mol. The summed E-state index contributed by atoms with van der Waals surface area (Å²) >= 11 is 11.9. The molecule has 1 saturated carbocycles. The van der Waals surface area contributed by atoms with Gasteiger partial charge in [0.15, 0.2) is 5.83 Å². The van der Waals surface area contributed by atoms with Gasteiger partial charge in [-0.2, -0.15) is 0 Å². The molecule has 0 spiro atoms. The van der Waals surface area contributed by atoms with Gasteiger partial charge < -0.3 is 5.32 Å². The summed E-state index contributed by atoms with van der Waals surface area (Å²) in [5, 5.41) is 3.56. The van der Waals surface area contributed by atoms with Gasteiger partial charge >= 0.3 is 0 Å². The average molecular weight is 368 g/mol. The van der Waals surface area contributed by atoms with Gasteiger partial charge in [0.2, 0.25) is 0 Å². The molecule has 1 aromatic carbocycles. The molecule has 0 radical (unpaired) electrons. The number of benzene rings is 1. The molecule has 0 aromatic heterocycles. The summed E-state index contributed by atoms with van der Waals surface area (Å²) in [5.41, 5.74) is 2.21. The van der Waals surface area contributed by atoms with E-state index in [0.717, 1.165) is 17.6 Å². The molecule has 1 amide bonds. The van der Waals surface area contributed by atoms with Gasteiger partial charge in [0.05, 0.1) is 10.0 Å². The molecule has 0 saturated heterocycles. The Morgan fingerprint density at radius 2 is 2.08 bits per heavy atom. The van der Waals surface area contributed by atoms with Gasteiger partial charge in [-0.25, -0.2) is 4.39 Å². The van der Waals surface area contributed by atoms with Crippen molar-refractivity contribution in [1.29, 1.82) is 0 Å². The standard InChI is InChI=1S/C19H20Cl2FNO/c1-11(2)10-23-19(24)18(22)12(3)4-5-13-8-15(13)14-6-7-16(20)17(21)9-14/h4-7,9,13,15H,1,8,10H2,2-3H3,(H,23,24)/b5-4+,18-12-/t13-,15-/m1/s1. The first-order valence-corrected chi connectivity index (χ1v) is 8.47. The number of carbonyl (C=O) groups excluding carboxylic acids is 1. The summed E-state index contributed by atoms with van der Waals surface area (Å²) < 4.78 is 14.0. The Morgan fingerprint density at radius 1 is 1.38 bits per heavy atom. The Labute approximate surface area is 152 Å². The predicted octanol–water partition coefficient (Wildman–Crippen LogP) is 5.59. The fourth-order valence-electron chi connectivity index (χ4n) is 2.38. The molecule has 0 aliphatic heterocycles. The maximum atomic E-state index is 14.0. The van der Waals surface area contributed by atoms with Gasteiger partial charge in [0.1, 0.15) is 0 Å². The van der Waals surface area contributed by atoms with E-state index in [0.29, 0.717) is 27.5 Å². The summed E-state index contributed by atoms with van der Waals surface area (Å²) in [6.07, 6.45) is 4.58. The lowest BCUT2D eigenvalue weighted by Crippen LogP contribution is -2.25. The van der Waals surface area contributed by atoms with Crippen LogP contribution in [0.1, 0.15) is 31.7 Å². The van der Waals surface area contributed by atoms with Crippen molar-refractivity contribution >= 4 is 29.1 Å². The third-order valence-corrected chi connectivity index (χ3v) is 4.64. The Morgan fingerprint density at radius 3 is 2.71 bits per heavy atom. The van der Waals surface area contributed by atoms with E-state index in [2.05, 4.69) is 11.9 Å². The third kappa shape index (κ3) is 4.96. The Balaban J connectivity index is 1.96. The normalized spacial score (nSPS) is 20.7. The van der Waals surface area contributed by atoms with E-state index in [1.54, 1.807) is 26.0 Å². The summed E-state index contributed by atoms with van der Waals surface area (Å²) in [6.45, 7) is 7.29. The summed E-state index contributed by atoms with van der Waals surface area (Å²) in [4.78, 5) is 11.7. The Hall–Kier alpha value is -1.58. The molecule has 128 valence electrons. The van der Waals surface area contributed by atoms with Crippen LogP contribution < -0.4 is 5.32 Å². The van der Waals surface area contributed by atoms with Gasteiger partial charge in [-0.3, -0.25) is 4.79 Å². The number of amides is 1. The van der Waals surface area contributed by atoms with Crippen molar-refractivity contribution in [2.45, 2.75) is 26.2 Å². The second-order valence-electron chi connectivity index (χ2n) is 6.18. The number of hydrogen-bond donors (Lipinski definition) is 1. The molecule has 2 atom stereocenters. The number of allylic oxidation sites excluding steroid dienone is 3. The van der Waals surface area contributed by atoms with E-state index in [1.807, 2.05) is 18.2 Å². The predicted molar refractivity (Wildman–Crippen MR) is 98.1 cm³/mol. The Kier molecular flexibility index (Phi) is 6.25. The van der Waals surface area contributed by atoms with Crippen molar-refractivity contribution in [2.75, 3.05) is 6.54 Å². The topological polar surface area (TPSA) is 29.1 Å². The maximum absolute atomic E-state index is 14.0. The number of hydrogen-bond acceptors (Lipinski definition) is 1. The first kappa shape index (κ1) is 18.8. The van der Waals surface area contributed by atoms with Gasteiger partial charge in [-0.15, -0.1) is 0 Å². The SMILES string of the molecule is C=C(C)CNC(=O)/C(F)=C(C)/C=C/[C@@H]1C[C@H]1c1ccc(Cl)c(Cl)c1. The third-order valence-electron chi connectivity index (χ3n) is 3.90. The summed E-state index contributed by atoms with van der Waals surface area (Å²) in [5.74, 6) is -0.788. The highest BCUT2D eigenvalue weighted by molar-refractivity contribution is 6.42. The van der Waals surface area contributed by atoms with Gasteiger partial charge in [-0.1, -0.05) is 53.6 Å². The van der Waals surface area contributed by atoms with Gasteiger partial charge in [0, 0.05) is 6.54 Å².